The second-order valence-corrected chi connectivity index (χ2v) is 3.40. The maximum absolute atomic E-state index is 12.7. The van der Waals surface area contributed by atoms with Crippen LogP contribution in [-0.4, -0.2) is 6.04 Å². The van der Waals surface area contributed by atoms with Crippen LogP contribution >= 0.6 is 0 Å². The van der Waals surface area contributed by atoms with Gasteiger partial charge in [0.1, 0.15) is 5.82 Å². The van der Waals surface area contributed by atoms with Crippen LogP contribution in [0.5, 0.6) is 0 Å². The Bertz CT molecular complexity index is 306. The van der Waals surface area contributed by atoms with Gasteiger partial charge in [0.05, 0.1) is 0 Å². The average molecular weight is 205 g/mol. The Balaban J connectivity index is 2.60. The summed E-state index contributed by atoms with van der Waals surface area (Å²) < 4.78 is 12.7. The van der Waals surface area contributed by atoms with Crippen molar-refractivity contribution in [3.05, 3.63) is 55.4 Å². The fourth-order valence-corrected chi connectivity index (χ4v) is 1.40. The van der Waals surface area contributed by atoms with Crippen molar-refractivity contribution < 1.29 is 4.39 Å². The van der Waals surface area contributed by atoms with Crippen molar-refractivity contribution in [3.63, 3.8) is 0 Å². The van der Waals surface area contributed by atoms with Crippen LogP contribution in [0.1, 0.15) is 12.8 Å². The maximum atomic E-state index is 12.7. The molecular weight excluding hydrogens is 189 g/mol. The van der Waals surface area contributed by atoms with Crippen LogP contribution in [0, 0.1) is 5.82 Å². The van der Waals surface area contributed by atoms with Gasteiger partial charge in [-0.1, -0.05) is 12.2 Å². The lowest BCUT2D eigenvalue weighted by Crippen LogP contribution is -2.17. The molecule has 0 saturated carbocycles. The minimum atomic E-state index is -0.218. The number of hydrogen-bond donors (Lipinski definition) is 1. The molecule has 0 aliphatic rings. The van der Waals surface area contributed by atoms with Gasteiger partial charge in [0.2, 0.25) is 0 Å². The predicted octanol–water partition coefficient (Wildman–Crippen LogP) is 3.76. The number of nitrogens with one attached hydrogen (secondary N) is 1. The van der Waals surface area contributed by atoms with Gasteiger partial charge in [-0.2, -0.15) is 0 Å². The van der Waals surface area contributed by atoms with Gasteiger partial charge in [-0.3, -0.25) is 0 Å². The number of rotatable bonds is 6. The molecule has 0 saturated heterocycles. The van der Waals surface area contributed by atoms with Gasteiger partial charge in [0.25, 0.3) is 0 Å². The van der Waals surface area contributed by atoms with E-state index in [4.69, 9.17) is 0 Å². The number of benzene rings is 1. The highest BCUT2D eigenvalue weighted by Crippen LogP contribution is 2.13. The standard InChI is InChI=1S/C13H16FN/c1-3-5-12(6-4-2)15-13-9-7-11(14)8-10-13/h3-4,7-10,12,15H,1-2,5-6H2. The Morgan fingerprint density at radius 1 is 1.13 bits per heavy atom. The van der Waals surface area contributed by atoms with Gasteiger partial charge in [-0.25, -0.2) is 4.39 Å². The van der Waals surface area contributed by atoms with E-state index in [2.05, 4.69) is 18.5 Å². The molecule has 1 N–H and O–H groups in total. The Hall–Kier alpha value is -1.57. The molecule has 0 unspecified atom stereocenters. The summed E-state index contributed by atoms with van der Waals surface area (Å²) >= 11 is 0. The van der Waals surface area contributed by atoms with Crippen molar-refractivity contribution in [1.82, 2.24) is 0 Å². The van der Waals surface area contributed by atoms with Crippen LogP contribution in [0.4, 0.5) is 10.1 Å². The molecule has 80 valence electrons. The smallest absolute Gasteiger partial charge is 0.123 e. The molecule has 0 spiro atoms. The summed E-state index contributed by atoms with van der Waals surface area (Å²) in [5.74, 6) is -0.218. The van der Waals surface area contributed by atoms with Gasteiger partial charge in [0, 0.05) is 11.7 Å². The quantitative estimate of drug-likeness (QED) is 0.697. The molecule has 1 nitrogen and oxygen atoms in total. The molecule has 0 bridgehead atoms. The molecule has 2 heteroatoms. The zero-order chi connectivity index (χ0) is 11.1. The van der Waals surface area contributed by atoms with Gasteiger partial charge < -0.3 is 5.32 Å². The molecule has 0 fully saturated rings. The van der Waals surface area contributed by atoms with Crippen molar-refractivity contribution in [2.75, 3.05) is 5.32 Å². The SMILES string of the molecule is C=CCC(CC=C)Nc1ccc(F)cc1. The zero-order valence-corrected chi connectivity index (χ0v) is 8.75. The summed E-state index contributed by atoms with van der Waals surface area (Å²) in [6, 6.07) is 6.64. The summed E-state index contributed by atoms with van der Waals surface area (Å²) in [5.41, 5.74) is 0.921. The van der Waals surface area contributed by atoms with Gasteiger partial charge >= 0.3 is 0 Å². The van der Waals surface area contributed by atoms with Crippen LogP contribution in [0.2, 0.25) is 0 Å². The van der Waals surface area contributed by atoms with Crippen LogP contribution in [-0.2, 0) is 0 Å². The van der Waals surface area contributed by atoms with Gasteiger partial charge in [-0.15, -0.1) is 13.2 Å². The van der Waals surface area contributed by atoms with Crippen molar-refractivity contribution in [2.24, 2.45) is 0 Å². The highest BCUT2D eigenvalue weighted by atomic mass is 19.1. The van der Waals surface area contributed by atoms with Crippen molar-refractivity contribution in [1.29, 1.82) is 0 Å². The molecule has 0 radical (unpaired) electrons. The molecule has 1 aromatic rings. The topological polar surface area (TPSA) is 12.0 Å². The number of halogens is 1. The fraction of sp³-hybridized carbons (Fsp3) is 0.231. The minimum absolute atomic E-state index is 0.218. The second-order valence-electron chi connectivity index (χ2n) is 3.40. The molecule has 0 aromatic heterocycles. The minimum Gasteiger partial charge on any atom is -0.382 e. The predicted molar refractivity (Wildman–Crippen MR) is 63.4 cm³/mol. The monoisotopic (exact) mass is 205 g/mol. The Morgan fingerprint density at radius 3 is 2.13 bits per heavy atom. The first-order chi connectivity index (χ1) is 7.26. The third kappa shape index (κ3) is 3.98. The third-order valence-corrected chi connectivity index (χ3v) is 2.12. The second kappa shape index (κ2) is 6.02. The number of anilines is 1. The van der Waals surface area contributed by atoms with E-state index in [1.165, 1.54) is 12.1 Å². The van der Waals surface area contributed by atoms with E-state index in [-0.39, 0.29) is 11.9 Å². The molecule has 15 heavy (non-hydrogen) atoms. The van der Waals surface area contributed by atoms with Crippen LogP contribution in [0.15, 0.2) is 49.6 Å². The molecule has 1 aromatic carbocycles. The van der Waals surface area contributed by atoms with Gasteiger partial charge in [-0.05, 0) is 37.1 Å². The summed E-state index contributed by atoms with van der Waals surface area (Å²) in [6.07, 6.45) is 5.46. The van der Waals surface area contributed by atoms with Gasteiger partial charge in [0.15, 0.2) is 0 Å². The van der Waals surface area contributed by atoms with E-state index < -0.39 is 0 Å². The normalized spacial score (nSPS) is 10.0. The summed E-state index contributed by atoms with van der Waals surface area (Å²) in [5, 5.41) is 3.30. The lowest BCUT2D eigenvalue weighted by molar-refractivity contribution is 0.627. The highest BCUT2D eigenvalue weighted by Gasteiger charge is 2.04. The van der Waals surface area contributed by atoms with E-state index in [1.54, 1.807) is 12.1 Å². The van der Waals surface area contributed by atoms with E-state index in [0.29, 0.717) is 0 Å². The molecule has 1 rings (SSSR count). The molecule has 0 heterocycles. The molecule has 0 aliphatic heterocycles. The molecule has 0 amide bonds. The van der Waals surface area contributed by atoms with Crippen LogP contribution < -0.4 is 5.32 Å². The van der Waals surface area contributed by atoms with Crippen molar-refractivity contribution in [2.45, 2.75) is 18.9 Å². The fourth-order valence-electron chi connectivity index (χ4n) is 1.40. The first-order valence-electron chi connectivity index (χ1n) is 5.00. The lowest BCUT2D eigenvalue weighted by atomic mass is 10.1. The highest BCUT2D eigenvalue weighted by molar-refractivity contribution is 5.43. The Kier molecular flexibility index (Phi) is 4.61. The van der Waals surface area contributed by atoms with E-state index in [1.807, 2.05) is 12.2 Å². The van der Waals surface area contributed by atoms with E-state index in [9.17, 15) is 4.39 Å². The lowest BCUT2D eigenvalue weighted by Gasteiger charge is -2.16. The Labute approximate surface area is 90.3 Å². The molecular formula is C13H16FN. The molecule has 0 aliphatic carbocycles. The van der Waals surface area contributed by atoms with E-state index >= 15 is 0 Å². The molecule has 0 atom stereocenters. The van der Waals surface area contributed by atoms with Crippen LogP contribution in [0.3, 0.4) is 0 Å². The first-order valence-corrected chi connectivity index (χ1v) is 5.00. The maximum Gasteiger partial charge on any atom is 0.123 e. The third-order valence-electron chi connectivity index (χ3n) is 2.12. The summed E-state index contributed by atoms with van der Waals surface area (Å²) in [4.78, 5) is 0. The number of hydrogen-bond acceptors (Lipinski definition) is 1. The Morgan fingerprint density at radius 2 is 1.67 bits per heavy atom. The van der Waals surface area contributed by atoms with E-state index in [0.717, 1.165) is 18.5 Å². The average Bonchev–Trinajstić information content (AvgIpc) is 2.22. The van der Waals surface area contributed by atoms with Crippen LogP contribution in [0.25, 0.3) is 0 Å². The largest absolute Gasteiger partial charge is 0.382 e. The van der Waals surface area contributed by atoms with Crippen molar-refractivity contribution >= 4 is 5.69 Å². The summed E-state index contributed by atoms with van der Waals surface area (Å²) in [6.45, 7) is 7.41. The zero-order valence-electron chi connectivity index (χ0n) is 8.75. The van der Waals surface area contributed by atoms with Crippen molar-refractivity contribution in [3.8, 4) is 0 Å². The summed E-state index contributed by atoms with van der Waals surface area (Å²) in [7, 11) is 0. The first kappa shape index (κ1) is 11.5.